The van der Waals surface area contributed by atoms with Gasteiger partial charge in [-0.3, -0.25) is 0 Å². The quantitative estimate of drug-likeness (QED) is 0.321. The van der Waals surface area contributed by atoms with E-state index in [1.54, 1.807) is 6.92 Å². The predicted octanol–water partition coefficient (Wildman–Crippen LogP) is -0.771. The van der Waals surface area contributed by atoms with Crippen LogP contribution in [0.25, 0.3) is 0 Å². The molecule has 0 heterocycles. The summed E-state index contributed by atoms with van der Waals surface area (Å²) >= 11 is 0. The number of hydrogen-bond donors (Lipinski definition) is 0. The van der Waals surface area contributed by atoms with Crippen molar-refractivity contribution in [2.45, 2.75) is 39.5 Å². The second-order valence-corrected chi connectivity index (χ2v) is 5.62. The molecule has 0 aliphatic rings. The molecule has 1 unspecified atom stereocenters. The van der Waals surface area contributed by atoms with Crippen molar-refractivity contribution in [3.8, 4) is 0 Å². The molecule has 0 aromatic heterocycles. The van der Waals surface area contributed by atoms with Crippen LogP contribution in [-0.2, 0) is 4.57 Å². The largest absolute Gasteiger partial charge is 1.00 e. The first-order valence-corrected chi connectivity index (χ1v) is 6.41. The Morgan fingerprint density at radius 3 is 2.17 bits per heavy atom. The molecule has 0 fully saturated rings. The monoisotopic (exact) mass is 200 g/mol. The topological polar surface area (TPSA) is 40.1 Å². The van der Waals surface area contributed by atoms with Gasteiger partial charge in [-0.2, -0.15) is 0 Å². The van der Waals surface area contributed by atoms with Gasteiger partial charge >= 0.3 is 29.6 Å². The Morgan fingerprint density at radius 1 is 1.17 bits per heavy atom. The zero-order chi connectivity index (χ0) is 8.74. The van der Waals surface area contributed by atoms with Crippen molar-refractivity contribution in [2.24, 2.45) is 0 Å². The zero-order valence-corrected chi connectivity index (χ0v) is 11.4. The van der Waals surface area contributed by atoms with Crippen LogP contribution in [0.15, 0.2) is 0 Å². The molecular formula is C8H18NaO2P. The average molecular weight is 200 g/mol. The maximum Gasteiger partial charge on any atom is 1.00 e. The maximum atomic E-state index is 11.0. The second kappa shape index (κ2) is 8.77. The van der Waals surface area contributed by atoms with E-state index in [0.717, 1.165) is 25.7 Å². The van der Waals surface area contributed by atoms with E-state index in [1.807, 2.05) is 0 Å². The van der Waals surface area contributed by atoms with Crippen LogP contribution >= 0.6 is 7.37 Å². The summed E-state index contributed by atoms with van der Waals surface area (Å²) in [5.41, 5.74) is 0. The Morgan fingerprint density at radius 2 is 1.75 bits per heavy atom. The van der Waals surface area contributed by atoms with E-state index in [4.69, 9.17) is 0 Å². The SMILES string of the molecule is CCCCCCP(=O)([O-])CC.[Na+]. The molecule has 0 radical (unpaired) electrons. The smallest absolute Gasteiger partial charge is 0.799 e. The summed E-state index contributed by atoms with van der Waals surface area (Å²) < 4.78 is 11.0. The van der Waals surface area contributed by atoms with Gasteiger partial charge in [0.2, 0.25) is 0 Å². The van der Waals surface area contributed by atoms with E-state index in [1.165, 1.54) is 0 Å². The summed E-state index contributed by atoms with van der Waals surface area (Å²) in [4.78, 5) is 11.0. The van der Waals surface area contributed by atoms with E-state index >= 15 is 0 Å². The molecule has 0 saturated heterocycles. The molecule has 0 spiro atoms. The van der Waals surface area contributed by atoms with E-state index in [9.17, 15) is 9.46 Å². The molecule has 0 saturated carbocycles. The van der Waals surface area contributed by atoms with Crippen molar-refractivity contribution in [1.82, 2.24) is 0 Å². The molecule has 0 aromatic carbocycles. The fourth-order valence-electron chi connectivity index (χ4n) is 0.938. The number of hydrogen-bond acceptors (Lipinski definition) is 2. The summed E-state index contributed by atoms with van der Waals surface area (Å²) in [6.45, 7) is 3.84. The van der Waals surface area contributed by atoms with Gasteiger partial charge in [-0.05, 0) is 18.7 Å². The summed E-state index contributed by atoms with van der Waals surface area (Å²) in [6, 6.07) is 0. The van der Waals surface area contributed by atoms with Crippen LogP contribution in [0.1, 0.15) is 39.5 Å². The molecule has 0 aromatic rings. The van der Waals surface area contributed by atoms with Crippen molar-refractivity contribution in [3.05, 3.63) is 0 Å². The van der Waals surface area contributed by atoms with Crippen molar-refractivity contribution >= 4 is 7.37 Å². The molecule has 12 heavy (non-hydrogen) atoms. The van der Waals surface area contributed by atoms with E-state index in [2.05, 4.69) is 6.92 Å². The van der Waals surface area contributed by atoms with Gasteiger partial charge in [-0.1, -0.05) is 33.1 Å². The third kappa shape index (κ3) is 9.28. The third-order valence-corrected chi connectivity index (χ3v) is 3.80. The van der Waals surface area contributed by atoms with Gasteiger partial charge in [0.1, 0.15) is 0 Å². The van der Waals surface area contributed by atoms with E-state index in [-0.39, 0.29) is 29.6 Å². The molecule has 0 N–H and O–H groups in total. The van der Waals surface area contributed by atoms with Gasteiger partial charge in [0, 0.05) is 7.37 Å². The van der Waals surface area contributed by atoms with Gasteiger partial charge in [0.15, 0.2) is 0 Å². The summed E-state index contributed by atoms with van der Waals surface area (Å²) in [5, 5.41) is 0. The first-order chi connectivity index (χ1) is 5.12. The van der Waals surface area contributed by atoms with E-state index < -0.39 is 7.37 Å². The second-order valence-electron chi connectivity index (χ2n) is 2.92. The van der Waals surface area contributed by atoms with Gasteiger partial charge in [0.05, 0.1) is 0 Å². The molecule has 1 atom stereocenters. The van der Waals surface area contributed by atoms with Crippen molar-refractivity contribution in [1.29, 1.82) is 0 Å². The normalized spacial score (nSPS) is 14.9. The Kier molecular flexibility index (Phi) is 11.4. The van der Waals surface area contributed by atoms with Gasteiger partial charge in [-0.15, -0.1) is 0 Å². The third-order valence-electron chi connectivity index (χ3n) is 1.83. The Labute approximate surface area is 97.9 Å². The van der Waals surface area contributed by atoms with Crippen molar-refractivity contribution in [3.63, 3.8) is 0 Å². The predicted molar refractivity (Wildman–Crippen MR) is 47.2 cm³/mol. The minimum absolute atomic E-state index is 0. The number of rotatable bonds is 6. The molecular weight excluding hydrogens is 182 g/mol. The zero-order valence-electron chi connectivity index (χ0n) is 8.51. The fourth-order valence-corrected chi connectivity index (χ4v) is 1.96. The van der Waals surface area contributed by atoms with Crippen molar-refractivity contribution < 1.29 is 39.0 Å². The van der Waals surface area contributed by atoms with Crippen LogP contribution < -0.4 is 34.5 Å². The molecule has 0 aliphatic carbocycles. The van der Waals surface area contributed by atoms with Crippen molar-refractivity contribution in [2.75, 3.05) is 12.3 Å². The maximum absolute atomic E-state index is 11.0. The summed E-state index contributed by atoms with van der Waals surface area (Å²) in [7, 11) is -2.96. The van der Waals surface area contributed by atoms with Gasteiger partial charge in [0.25, 0.3) is 0 Å². The Balaban J connectivity index is 0. The van der Waals surface area contributed by atoms with Crippen LogP contribution in [0.3, 0.4) is 0 Å². The van der Waals surface area contributed by atoms with Crippen LogP contribution in [-0.4, -0.2) is 12.3 Å². The van der Waals surface area contributed by atoms with Gasteiger partial charge in [-0.25, -0.2) is 0 Å². The fraction of sp³-hybridized carbons (Fsp3) is 1.00. The van der Waals surface area contributed by atoms with Gasteiger partial charge < -0.3 is 9.46 Å². The Hall–Kier alpha value is 1.19. The van der Waals surface area contributed by atoms with E-state index in [0.29, 0.717) is 12.3 Å². The van der Waals surface area contributed by atoms with Crippen LogP contribution in [0.4, 0.5) is 0 Å². The van der Waals surface area contributed by atoms with Crippen LogP contribution in [0.2, 0.25) is 0 Å². The average Bonchev–Trinajstić information content (AvgIpc) is 1.99. The standard InChI is InChI=1S/C8H19O2P.Na/c1-3-5-6-7-8-11(9,10)4-2;/h3-8H2,1-2H3,(H,9,10);/q;+1/p-1. The summed E-state index contributed by atoms with van der Waals surface area (Å²) in [5.74, 6) is 0. The molecule has 0 rings (SSSR count). The first kappa shape index (κ1) is 15.7. The minimum atomic E-state index is -2.96. The van der Waals surface area contributed by atoms with Crippen LogP contribution in [0.5, 0.6) is 0 Å². The first-order valence-electron chi connectivity index (χ1n) is 4.41. The Bertz CT molecular complexity index is 139. The minimum Gasteiger partial charge on any atom is -0.799 e. The molecule has 4 heteroatoms. The summed E-state index contributed by atoms with van der Waals surface area (Å²) in [6.07, 6.45) is 4.95. The number of unbranched alkanes of at least 4 members (excludes halogenated alkanes) is 3. The molecule has 0 amide bonds. The molecule has 0 bridgehead atoms. The molecule has 68 valence electrons. The molecule has 0 aliphatic heterocycles. The van der Waals surface area contributed by atoms with Crippen LogP contribution in [0, 0.1) is 0 Å². The molecule has 2 nitrogen and oxygen atoms in total.